The lowest BCUT2D eigenvalue weighted by Gasteiger charge is -2.50. The lowest BCUT2D eigenvalue weighted by atomic mass is 9.56. The van der Waals surface area contributed by atoms with Crippen molar-refractivity contribution in [3.05, 3.63) is 101 Å². The summed E-state index contributed by atoms with van der Waals surface area (Å²) in [5.74, 6) is -9.48. The van der Waals surface area contributed by atoms with Gasteiger partial charge in [-0.05, 0) is 48.6 Å². The van der Waals surface area contributed by atoms with Gasteiger partial charge in [-0.25, -0.2) is 4.90 Å². The third-order valence-electron chi connectivity index (χ3n) is 10.4. The highest BCUT2D eigenvalue weighted by Crippen LogP contribution is 2.66. The van der Waals surface area contributed by atoms with Gasteiger partial charge in [0.05, 0.1) is 34.1 Å². The maximum absolute atomic E-state index is 14.2. The fourth-order valence-electron chi connectivity index (χ4n) is 8.02. The van der Waals surface area contributed by atoms with Crippen LogP contribution in [0.15, 0.2) is 78.4 Å². The van der Waals surface area contributed by atoms with Gasteiger partial charge < -0.3 is 9.84 Å². The van der Waals surface area contributed by atoms with E-state index in [-0.39, 0.29) is 41.4 Å². The molecule has 2 saturated heterocycles. The third kappa shape index (κ3) is 5.72. The Balaban J connectivity index is 1.32. The van der Waals surface area contributed by atoms with Crippen molar-refractivity contribution < 1.29 is 55.4 Å². The summed E-state index contributed by atoms with van der Waals surface area (Å²) in [5, 5.41) is 11.4. The summed E-state index contributed by atoms with van der Waals surface area (Å²) in [4.78, 5) is 52.4. The van der Waals surface area contributed by atoms with Crippen LogP contribution in [-0.4, -0.2) is 48.8 Å². The molecule has 0 aromatic heterocycles. The summed E-state index contributed by atoms with van der Waals surface area (Å²) < 4.78 is 88.4. The number of ether oxygens (including phenoxy) is 1. The van der Waals surface area contributed by atoms with Crippen molar-refractivity contribution in [2.45, 2.75) is 47.5 Å². The highest BCUT2D eigenvalue weighted by atomic mass is 79.9. The molecule has 2 aliphatic heterocycles. The fourth-order valence-corrected chi connectivity index (χ4v) is 9.44. The molecule has 2 aliphatic carbocycles. The molecule has 1 N–H and O–H groups in total. The second-order valence-electron chi connectivity index (χ2n) is 13.3. The molecular weight excluding hydrogens is 821 g/mol. The molecule has 6 atom stereocenters. The van der Waals surface area contributed by atoms with Crippen LogP contribution in [0.5, 0.6) is 11.5 Å². The molecule has 8 nitrogen and oxygen atoms in total. The van der Waals surface area contributed by atoms with Crippen molar-refractivity contribution in [3.8, 4) is 11.5 Å². The number of aromatic hydroxyl groups is 1. The minimum Gasteiger partial charge on any atom is -0.508 e. The first kappa shape index (κ1) is 37.2. The van der Waals surface area contributed by atoms with Crippen molar-refractivity contribution in [2.75, 3.05) is 10.4 Å². The molecule has 17 heteroatoms. The van der Waals surface area contributed by atoms with Crippen LogP contribution in [0.3, 0.4) is 0 Å². The van der Waals surface area contributed by atoms with Crippen LogP contribution >= 0.6 is 39.1 Å². The Hall–Kier alpha value is -4.08. The lowest BCUT2D eigenvalue weighted by Crippen LogP contribution is -2.60. The first-order chi connectivity index (χ1) is 24.8. The van der Waals surface area contributed by atoms with E-state index in [0.717, 1.165) is 10.5 Å². The molecule has 4 aliphatic rings. The van der Waals surface area contributed by atoms with Crippen molar-refractivity contribution in [1.82, 2.24) is 4.90 Å². The Labute approximate surface area is 315 Å². The number of phenols is 1. The first-order valence-electron chi connectivity index (χ1n) is 16.0. The van der Waals surface area contributed by atoms with E-state index in [1.54, 1.807) is 0 Å². The third-order valence-corrected chi connectivity index (χ3v) is 12.3. The van der Waals surface area contributed by atoms with E-state index in [0.29, 0.717) is 17.0 Å². The number of alkyl halides is 9. The standard InChI is InChI=1S/C36H25BrCl2F6N2O6/c37-16-46-31(51)33(38)14-25-22(28(34(33,39)32(46)52)23-7-6-21(13-26(23)48)53-15-17-4-2-1-3-5-17)8-9-24-27(25)30(50)47(29(24)49)20-11-18(35(40,41)42)10-19(12-20)36(43,44)45/h1-8,10-13,24-25,27-28,48H,9,14-16H2/t24-,25+,27-,28+,33+,34-/m0/s1. The second kappa shape index (κ2) is 12.8. The van der Waals surface area contributed by atoms with Crippen LogP contribution in [0.25, 0.3) is 0 Å². The van der Waals surface area contributed by atoms with E-state index in [1.165, 1.54) is 24.3 Å². The Morgan fingerprint density at radius 3 is 2.08 bits per heavy atom. The highest BCUT2D eigenvalue weighted by molar-refractivity contribution is 9.09. The van der Waals surface area contributed by atoms with Crippen LogP contribution in [0.4, 0.5) is 32.0 Å². The SMILES string of the molecule is O=C1[C@H]2[C@H](CC=C3[C@H]2C[C@@]2(Cl)C(=O)N(CBr)C(=O)[C@@]2(Cl)[C@H]3c2ccc(OCc3ccccc3)cc2O)C(=O)N1c1cc(C(F)(F)F)cc(C(F)(F)F)c1. The zero-order valence-corrected chi connectivity index (χ0v) is 29.9. The molecule has 4 amide bonds. The average molecular weight is 846 g/mol. The zero-order chi connectivity index (χ0) is 38.4. The molecule has 3 aromatic rings. The largest absolute Gasteiger partial charge is 0.508 e. The van der Waals surface area contributed by atoms with Crippen molar-refractivity contribution in [2.24, 2.45) is 17.8 Å². The summed E-state index contributed by atoms with van der Waals surface area (Å²) in [7, 11) is 0. The van der Waals surface area contributed by atoms with Gasteiger partial charge in [-0.1, -0.05) is 64.0 Å². The van der Waals surface area contributed by atoms with Gasteiger partial charge in [0, 0.05) is 17.5 Å². The number of phenolic OH excluding ortho intramolecular Hbond substituents is 1. The number of allylic oxidation sites excluding steroid dienone is 2. The number of likely N-dealkylation sites (tertiary alicyclic amines) is 1. The van der Waals surface area contributed by atoms with E-state index in [1.807, 2.05) is 30.3 Å². The number of anilines is 1. The zero-order valence-electron chi connectivity index (χ0n) is 26.9. The van der Waals surface area contributed by atoms with Gasteiger partial charge in [-0.15, -0.1) is 23.2 Å². The molecule has 3 aromatic carbocycles. The predicted octanol–water partition coefficient (Wildman–Crippen LogP) is 7.92. The lowest BCUT2D eigenvalue weighted by molar-refractivity contribution is -0.143. The smallest absolute Gasteiger partial charge is 0.416 e. The van der Waals surface area contributed by atoms with Crippen LogP contribution in [0.1, 0.15) is 41.0 Å². The predicted molar refractivity (Wildman–Crippen MR) is 181 cm³/mol. The molecule has 1 saturated carbocycles. The van der Waals surface area contributed by atoms with E-state index in [2.05, 4.69) is 15.9 Å². The first-order valence-corrected chi connectivity index (χ1v) is 17.9. The summed E-state index contributed by atoms with van der Waals surface area (Å²) >= 11 is 17.5. The topological polar surface area (TPSA) is 104 Å². The number of hydrogen-bond acceptors (Lipinski definition) is 6. The van der Waals surface area contributed by atoms with Gasteiger partial charge in [0.2, 0.25) is 11.8 Å². The number of rotatable bonds is 6. The molecule has 2 heterocycles. The van der Waals surface area contributed by atoms with Gasteiger partial charge in [0.15, 0.2) is 9.75 Å². The normalized spacial score (nSPS) is 28.5. The summed E-state index contributed by atoms with van der Waals surface area (Å²) in [6.07, 6.45) is -9.74. The number of fused-ring (bicyclic) bond motifs is 4. The molecule has 7 rings (SSSR count). The van der Waals surface area contributed by atoms with Crippen LogP contribution < -0.4 is 9.64 Å². The monoisotopic (exact) mass is 844 g/mol. The Bertz CT molecular complexity index is 2070. The molecule has 3 fully saturated rings. The van der Waals surface area contributed by atoms with Crippen molar-refractivity contribution in [1.29, 1.82) is 0 Å². The number of carbonyl (C=O) groups is 4. The number of benzene rings is 3. The second-order valence-corrected chi connectivity index (χ2v) is 15.0. The van der Waals surface area contributed by atoms with E-state index in [9.17, 15) is 50.6 Å². The number of nitrogens with zero attached hydrogens (tertiary/aromatic N) is 2. The van der Waals surface area contributed by atoms with Gasteiger partial charge in [-0.2, -0.15) is 26.3 Å². The minimum atomic E-state index is -5.25. The Kier molecular flexibility index (Phi) is 8.97. The molecule has 0 unspecified atom stereocenters. The number of carbonyl (C=O) groups excluding carboxylic acids is 4. The summed E-state index contributed by atoms with van der Waals surface area (Å²) in [6, 6.07) is 13.8. The van der Waals surface area contributed by atoms with E-state index >= 15 is 0 Å². The minimum absolute atomic E-state index is 0.0189. The quantitative estimate of drug-likeness (QED) is 0.0890. The summed E-state index contributed by atoms with van der Waals surface area (Å²) in [6.45, 7) is 0.139. The van der Waals surface area contributed by atoms with Crippen molar-refractivity contribution in [3.63, 3.8) is 0 Å². The Morgan fingerprint density at radius 2 is 1.49 bits per heavy atom. The number of imide groups is 2. The molecule has 278 valence electrons. The van der Waals surface area contributed by atoms with E-state index < -0.39 is 98.4 Å². The van der Waals surface area contributed by atoms with Gasteiger partial charge in [-0.3, -0.25) is 24.1 Å². The number of amides is 4. The molecule has 0 radical (unpaired) electrons. The fraction of sp³-hybridized carbons (Fsp3) is 0.333. The van der Waals surface area contributed by atoms with Gasteiger partial charge in [0.25, 0.3) is 11.8 Å². The Morgan fingerprint density at radius 1 is 0.849 bits per heavy atom. The molecule has 53 heavy (non-hydrogen) atoms. The summed E-state index contributed by atoms with van der Waals surface area (Å²) in [5.41, 5.74) is -3.61. The maximum Gasteiger partial charge on any atom is 0.416 e. The molecule has 0 bridgehead atoms. The highest BCUT2D eigenvalue weighted by Gasteiger charge is 2.76. The maximum atomic E-state index is 14.2. The average Bonchev–Trinajstić information content (AvgIpc) is 3.44. The molecular formula is C36H25BrCl2F6N2O6. The van der Waals surface area contributed by atoms with Crippen LogP contribution in [0.2, 0.25) is 0 Å². The van der Waals surface area contributed by atoms with E-state index in [4.69, 9.17) is 27.9 Å². The van der Waals surface area contributed by atoms with Gasteiger partial charge in [0.1, 0.15) is 18.1 Å². The number of hydrogen-bond donors (Lipinski definition) is 1. The number of halogens is 9. The van der Waals surface area contributed by atoms with Crippen LogP contribution in [0, 0.1) is 17.8 Å². The molecule has 0 spiro atoms. The van der Waals surface area contributed by atoms with Crippen molar-refractivity contribution >= 4 is 68.4 Å². The van der Waals surface area contributed by atoms with Gasteiger partial charge >= 0.3 is 12.4 Å². The van der Waals surface area contributed by atoms with Crippen LogP contribution in [-0.2, 0) is 38.1 Å².